The van der Waals surface area contributed by atoms with Crippen LogP contribution in [0.25, 0.3) is 10.9 Å². The number of carbonyl (C=O) groups excluding carboxylic acids is 1. The fraction of sp³-hybridized carbons (Fsp3) is 0. The van der Waals surface area contributed by atoms with Crippen molar-refractivity contribution in [2.75, 3.05) is 0 Å². The molecule has 1 aromatic carbocycles. The van der Waals surface area contributed by atoms with Crippen LogP contribution in [0, 0.1) is 10.1 Å². The predicted molar refractivity (Wildman–Crippen MR) is 56.6 cm³/mol. The molecular weight excluding hydrogens is 234 g/mol. The lowest BCUT2D eigenvalue weighted by Crippen LogP contribution is -1.95. The van der Waals surface area contributed by atoms with Crippen LogP contribution in [0.4, 0.5) is 5.69 Å². The molecule has 7 heteroatoms. The van der Waals surface area contributed by atoms with Gasteiger partial charge in [-0.05, 0) is 17.7 Å². The van der Waals surface area contributed by atoms with E-state index < -0.39 is 4.92 Å². The second kappa shape index (κ2) is 3.82. The van der Waals surface area contributed by atoms with Gasteiger partial charge >= 0.3 is 0 Å². The molecule has 2 rings (SSSR count). The van der Waals surface area contributed by atoms with Crippen LogP contribution in [0.15, 0.2) is 18.2 Å². The van der Waals surface area contributed by atoms with Gasteiger partial charge in [-0.15, -0.1) is 0 Å². The van der Waals surface area contributed by atoms with E-state index in [1.165, 1.54) is 18.2 Å². The number of fused-ring (bicyclic) bond motifs is 1. The highest BCUT2D eigenvalue weighted by Crippen LogP contribution is 2.22. The summed E-state index contributed by atoms with van der Waals surface area (Å²) >= 11 is 5.59. The summed E-state index contributed by atoms with van der Waals surface area (Å²) < 4.78 is 0. The normalized spacial score (nSPS) is 10.3. The average molecular weight is 238 g/mol. The van der Waals surface area contributed by atoms with Gasteiger partial charge in [-0.2, -0.15) is 0 Å². The highest BCUT2D eigenvalue weighted by Gasteiger charge is 2.11. The van der Waals surface area contributed by atoms with Gasteiger partial charge in [-0.3, -0.25) is 14.9 Å². The van der Waals surface area contributed by atoms with Crippen LogP contribution < -0.4 is 0 Å². The highest BCUT2D eigenvalue weighted by molar-refractivity contribution is 6.28. The molecule has 6 nitrogen and oxygen atoms in total. The van der Waals surface area contributed by atoms with Crippen molar-refractivity contribution in [1.29, 1.82) is 0 Å². The number of hydrogen-bond acceptors (Lipinski definition) is 5. The number of rotatable bonds is 2. The van der Waals surface area contributed by atoms with Gasteiger partial charge in [-0.1, -0.05) is 0 Å². The third kappa shape index (κ3) is 1.70. The number of aromatic nitrogens is 2. The maximum Gasteiger partial charge on any atom is 0.270 e. The van der Waals surface area contributed by atoms with E-state index in [4.69, 9.17) is 11.6 Å². The van der Waals surface area contributed by atoms with Gasteiger partial charge < -0.3 is 0 Å². The molecule has 0 amide bonds. The number of nitro benzene ring substituents is 1. The zero-order chi connectivity index (χ0) is 11.7. The molecule has 1 aromatic heterocycles. The van der Waals surface area contributed by atoms with E-state index in [-0.39, 0.29) is 16.7 Å². The molecule has 0 N–H and O–H groups in total. The van der Waals surface area contributed by atoms with Crippen molar-refractivity contribution in [3.63, 3.8) is 0 Å². The first kappa shape index (κ1) is 10.4. The zero-order valence-electron chi connectivity index (χ0n) is 7.75. The van der Waals surface area contributed by atoms with Crippen molar-refractivity contribution in [3.8, 4) is 0 Å². The predicted octanol–water partition coefficient (Wildman–Crippen LogP) is 2.00. The van der Waals surface area contributed by atoms with Crippen molar-refractivity contribution in [1.82, 2.24) is 9.97 Å². The molecule has 0 bridgehead atoms. The summed E-state index contributed by atoms with van der Waals surface area (Å²) in [7, 11) is 0. The second-order valence-corrected chi connectivity index (χ2v) is 3.29. The fourth-order valence-corrected chi connectivity index (χ4v) is 1.50. The van der Waals surface area contributed by atoms with Crippen LogP contribution in [-0.4, -0.2) is 21.2 Å². The lowest BCUT2D eigenvalue weighted by atomic mass is 10.2. The summed E-state index contributed by atoms with van der Waals surface area (Å²) in [4.78, 5) is 28.3. The molecular formula is C9H4ClN3O3. The third-order valence-corrected chi connectivity index (χ3v) is 2.17. The first-order valence-corrected chi connectivity index (χ1v) is 4.56. The van der Waals surface area contributed by atoms with Crippen molar-refractivity contribution < 1.29 is 9.72 Å². The molecule has 2 aromatic rings. The lowest BCUT2D eigenvalue weighted by Gasteiger charge is -2.00. The third-order valence-electron chi connectivity index (χ3n) is 2.00. The molecule has 16 heavy (non-hydrogen) atoms. The van der Waals surface area contributed by atoms with Crippen molar-refractivity contribution in [3.05, 3.63) is 39.3 Å². The minimum absolute atomic E-state index is 0.0405. The van der Waals surface area contributed by atoms with Crippen LogP contribution in [0.5, 0.6) is 0 Å². The van der Waals surface area contributed by atoms with Gasteiger partial charge in [0, 0.05) is 17.5 Å². The van der Waals surface area contributed by atoms with E-state index in [0.29, 0.717) is 17.2 Å². The number of hydrogen-bond donors (Lipinski definition) is 0. The highest BCUT2D eigenvalue weighted by atomic mass is 35.5. The molecule has 0 unspecified atom stereocenters. The van der Waals surface area contributed by atoms with E-state index in [2.05, 4.69) is 9.97 Å². The van der Waals surface area contributed by atoms with Crippen LogP contribution in [0.3, 0.4) is 0 Å². The van der Waals surface area contributed by atoms with E-state index in [9.17, 15) is 14.9 Å². The van der Waals surface area contributed by atoms with Gasteiger partial charge in [-0.25, -0.2) is 9.97 Å². The number of halogens is 1. The van der Waals surface area contributed by atoms with Gasteiger partial charge in [0.15, 0.2) is 6.29 Å². The Morgan fingerprint density at radius 2 is 2.12 bits per heavy atom. The fourth-order valence-electron chi connectivity index (χ4n) is 1.31. The molecule has 0 spiro atoms. The Labute approximate surface area is 94.0 Å². The SMILES string of the molecule is O=Cc1nc(Cl)nc2ccc([N+](=O)[O-])cc12. The Morgan fingerprint density at radius 3 is 2.75 bits per heavy atom. The molecule has 0 radical (unpaired) electrons. The van der Waals surface area contributed by atoms with Gasteiger partial charge in [0.1, 0.15) is 5.69 Å². The van der Waals surface area contributed by atoms with Crippen LogP contribution in [-0.2, 0) is 0 Å². The Balaban J connectivity index is 2.80. The van der Waals surface area contributed by atoms with E-state index >= 15 is 0 Å². The summed E-state index contributed by atoms with van der Waals surface area (Å²) in [6.45, 7) is 0. The molecule has 0 saturated carbocycles. The Bertz CT molecular complexity index is 600. The molecule has 0 aliphatic heterocycles. The van der Waals surface area contributed by atoms with Gasteiger partial charge in [0.05, 0.1) is 10.4 Å². The van der Waals surface area contributed by atoms with E-state index in [1.54, 1.807) is 0 Å². The van der Waals surface area contributed by atoms with Gasteiger partial charge in [0.2, 0.25) is 5.28 Å². The maximum absolute atomic E-state index is 10.7. The van der Waals surface area contributed by atoms with Crippen molar-refractivity contribution >= 4 is 34.5 Å². The minimum Gasteiger partial charge on any atom is -0.296 e. The molecule has 80 valence electrons. The smallest absolute Gasteiger partial charge is 0.270 e. The largest absolute Gasteiger partial charge is 0.296 e. The van der Waals surface area contributed by atoms with E-state index in [0.717, 1.165) is 0 Å². The number of non-ortho nitro benzene ring substituents is 1. The van der Waals surface area contributed by atoms with Crippen molar-refractivity contribution in [2.24, 2.45) is 0 Å². The summed E-state index contributed by atoms with van der Waals surface area (Å²) in [5.41, 5.74) is 0.313. The summed E-state index contributed by atoms with van der Waals surface area (Å²) in [5.74, 6) is 0. The topological polar surface area (TPSA) is 86.0 Å². The molecule has 1 heterocycles. The monoisotopic (exact) mass is 237 g/mol. The Hall–Kier alpha value is -2.08. The molecule has 0 saturated heterocycles. The van der Waals surface area contributed by atoms with Gasteiger partial charge in [0.25, 0.3) is 5.69 Å². The standard InChI is InChI=1S/C9H4ClN3O3/c10-9-11-7-2-1-5(13(15)16)3-6(7)8(4-14)12-9/h1-4H. The number of carbonyl (C=O) groups is 1. The van der Waals surface area contributed by atoms with E-state index in [1.807, 2.05) is 0 Å². The molecule has 0 aliphatic rings. The first-order chi connectivity index (χ1) is 7.61. The Morgan fingerprint density at radius 1 is 1.38 bits per heavy atom. The van der Waals surface area contributed by atoms with Crippen LogP contribution in [0.2, 0.25) is 5.28 Å². The lowest BCUT2D eigenvalue weighted by molar-refractivity contribution is -0.384. The molecule has 0 fully saturated rings. The number of nitro groups is 1. The first-order valence-electron chi connectivity index (χ1n) is 4.18. The quantitative estimate of drug-likeness (QED) is 0.345. The number of aldehydes is 1. The van der Waals surface area contributed by atoms with Crippen LogP contribution in [0.1, 0.15) is 10.5 Å². The minimum atomic E-state index is -0.553. The number of benzene rings is 1. The summed E-state index contributed by atoms with van der Waals surface area (Å²) in [6, 6.07) is 3.96. The maximum atomic E-state index is 10.7. The Kier molecular flexibility index (Phi) is 2.49. The number of nitrogens with zero attached hydrogens (tertiary/aromatic N) is 3. The average Bonchev–Trinajstić information content (AvgIpc) is 2.27. The zero-order valence-corrected chi connectivity index (χ0v) is 8.51. The summed E-state index contributed by atoms with van der Waals surface area (Å²) in [6.07, 6.45) is 0.486. The van der Waals surface area contributed by atoms with Crippen LogP contribution >= 0.6 is 11.6 Å². The summed E-state index contributed by atoms with van der Waals surface area (Å²) in [5, 5.41) is 10.8. The molecule has 0 aliphatic carbocycles. The molecule has 0 atom stereocenters. The second-order valence-electron chi connectivity index (χ2n) is 2.95. The van der Waals surface area contributed by atoms with Crippen molar-refractivity contribution in [2.45, 2.75) is 0 Å².